The molecule has 0 radical (unpaired) electrons. The molecule has 0 aromatic rings. The van der Waals surface area contributed by atoms with Gasteiger partial charge in [-0.25, -0.2) is 0 Å². The van der Waals surface area contributed by atoms with E-state index in [1.54, 1.807) is 0 Å². The Morgan fingerprint density at radius 3 is 2.39 bits per heavy atom. The van der Waals surface area contributed by atoms with Crippen molar-refractivity contribution >= 4 is 14.3 Å². The smallest absolute Gasteiger partial charge is 0.311 e. The van der Waals surface area contributed by atoms with Crippen molar-refractivity contribution in [2.45, 2.75) is 51.4 Å². The molecule has 1 aliphatic rings. The van der Waals surface area contributed by atoms with Crippen LogP contribution in [0.2, 0.25) is 18.1 Å². The summed E-state index contributed by atoms with van der Waals surface area (Å²) in [6.07, 6.45) is 0.725. The van der Waals surface area contributed by atoms with Crippen LogP contribution in [-0.4, -0.2) is 40.7 Å². The Morgan fingerprint density at radius 2 is 1.89 bits per heavy atom. The first-order valence-electron chi connectivity index (χ1n) is 6.51. The standard InChI is InChI=1S/C13H26O4Si/c1-13(2,3)18(5,6)17-11-7-10(8-16-9-11)12(14)15-4/h10-11H,7-9H2,1-6H3/t10-,11+/m1/s1. The van der Waals surface area contributed by atoms with E-state index in [0.29, 0.717) is 19.6 Å². The summed E-state index contributed by atoms with van der Waals surface area (Å²) in [5.41, 5.74) is 0. The quantitative estimate of drug-likeness (QED) is 0.586. The van der Waals surface area contributed by atoms with Crippen molar-refractivity contribution in [1.82, 2.24) is 0 Å². The zero-order chi connectivity index (χ0) is 14.0. The predicted molar refractivity (Wildman–Crippen MR) is 73.0 cm³/mol. The second-order valence-electron chi connectivity index (χ2n) is 6.49. The molecular formula is C13H26O4Si. The third-order valence-electron chi connectivity index (χ3n) is 3.97. The molecule has 106 valence electrons. The molecule has 18 heavy (non-hydrogen) atoms. The molecule has 0 amide bonds. The molecule has 0 aromatic heterocycles. The third-order valence-corrected chi connectivity index (χ3v) is 8.51. The van der Waals surface area contributed by atoms with Crippen molar-refractivity contribution in [3.63, 3.8) is 0 Å². The van der Waals surface area contributed by atoms with Crippen LogP contribution in [0, 0.1) is 5.92 Å². The number of carbonyl (C=O) groups is 1. The van der Waals surface area contributed by atoms with Gasteiger partial charge in [0.25, 0.3) is 0 Å². The minimum absolute atomic E-state index is 0.0174. The maximum absolute atomic E-state index is 11.5. The van der Waals surface area contributed by atoms with Gasteiger partial charge in [-0.3, -0.25) is 4.79 Å². The van der Waals surface area contributed by atoms with E-state index in [2.05, 4.69) is 33.9 Å². The molecule has 0 aliphatic carbocycles. The van der Waals surface area contributed by atoms with Gasteiger partial charge in [-0.15, -0.1) is 0 Å². The number of hydrogen-bond donors (Lipinski definition) is 0. The van der Waals surface area contributed by atoms with Gasteiger partial charge < -0.3 is 13.9 Å². The topological polar surface area (TPSA) is 44.8 Å². The molecule has 0 aromatic carbocycles. The van der Waals surface area contributed by atoms with Crippen LogP contribution < -0.4 is 0 Å². The van der Waals surface area contributed by atoms with Gasteiger partial charge in [0.1, 0.15) is 0 Å². The van der Waals surface area contributed by atoms with Gasteiger partial charge in [0.2, 0.25) is 0 Å². The molecule has 1 aliphatic heterocycles. The average Bonchev–Trinajstić information content (AvgIpc) is 2.26. The molecule has 0 N–H and O–H groups in total. The van der Waals surface area contributed by atoms with Crippen molar-refractivity contribution in [2.24, 2.45) is 5.92 Å². The van der Waals surface area contributed by atoms with Crippen LogP contribution in [0.1, 0.15) is 27.2 Å². The third kappa shape index (κ3) is 3.80. The Balaban J connectivity index is 2.60. The first-order chi connectivity index (χ1) is 8.17. The Hall–Kier alpha value is -0.393. The van der Waals surface area contributed by atoms with E-state index in [0.717, 1.165) is 0 Å². The van der Waals surface area contributed by atoms with Crippen molar-refractivity contribution < 1.29 is 18.7 Å². The average molecular weight is 274 g/mol. The molecule has 0 spiro atoms. The van der Waals surface area contributed by atoms with E-state index < -0.39 is 8.32 Å². The summed E-state index contributed by atoms with van der Waals surface area (Å²) in [6.45, 7) is 12.1. The van der Waals surface area contributed by atoms with E-state index in [9.17, 15) is 4.79 Å². The number of hydrogen-bond acceptors (Lipinski definition) is 4. The van der Waals surface area contributed by atoms with Gasteiger partial charge in [0.15, 0.2) is 8.32 Å². The first kappa shape index (κ1) is 15.7. The largest absolute Gasteiger partial charge is 0.469 e. The van der Waals surface area contributed by atoms with Crippen molar-refractivity contribution in [3.8, 4) is 0 Å². The van der Waals surface area contributed by atoms with E-state index in [1.807, 2.05) is 0 Å². The highest BCUT2D eigenvalue weighted by atomic mass is 28.4. The molecule has 1 fully saturated rings. The number of methoxy groups -OCH3 is 1. The Bertz CT molecular complexity index is 296. The number of esters is 1. The zero-order valence-corrected chi connectivity index (χ0v) is 13.4. The Morgan fingerprint density at radius 1 is 1.28 bits per heavy atom. The lowest BCUT2D eigenvalue weighted by Gasteiger charge is -2.41. The summed E-state index contributed by atoms with van der Waals surface area (Å²) >= 11 is 0. The highest BCUT2D eigenvalue weighted by Crippen LogP contribution is 2.38. The lowest BCUT2D eigenvalue weighted by molar-refractivity contribution is -0.153. The highest BCUT2D eigenvalue weighted by molar-refractivity contribution is 6.74. The molecule has 1 heterocycles. The summed E-state index contributed by atoms with van der Waals surface area (Å²) in [7, 11) is -0.382. The maximum atomic E-state index is 11.5. The number of ether oxygens (including phenoxy) is 2. The van der Waals surface area contributed by atoms with E-state index >= 15 is 0 Å². The lowest BCUT2D eigenvalue weighted by atomic mass is 10.0. The summed E-state index contributed by atoms with van der Waals surface area (Å²) in [4.78, 5) is 11.5. The molecule has 4 nitrogen and oxygen atoms in total. The minimum Gasteiger partial charge on any atom is -0.469 e. The van der Waals surface area contributed by atoms with E-state index in [-0.39, 0.29) is 23.0 Å². The zero-order valence-electron chi connectivity index (χ0n) is 12.4. The molecule has 1 saturated heterocycles. The molecule has 0 unspecified atom stereocenters. The van der Waals surface area contributed by atoms with E-state index in [4.69, 9.17) is 13.9 Å². The molecule has 2 atom stereocenters. The van der Waals surface area contributed by atoms with Crippen LogP contribution in [0.4, 0.5) is 0 Å². The summed E-state index contributed by atoms with van der Waals surface area (Å²) in [6, 6.07) is 0. The fraction of sp³-hybridized carbons (Fsp3) is 0.923. The van der Waals surface area contributed by atoms with Crippen LogP contribution in [0.15, 0.2) is 0 Å². The van der Waals surface area contributed by atoms with Gasteiger partial charge in [0.05, 0.1) is 32.3 Å². The molecule has 0 bridgehead atoms. The van der Waals surface area contributed by atoms with Gasteiger partial charge in [-0.2, -0.15) is 0 Å². The minimum atomic E-state index is -1.80. The van der Waals surface area contributed by atoms with Crippen molar-refractivity contribution in [2.75, 3.05) is 20.3 Å². The second kappa shape index (κ2) is 5.71. The van der Waals surface area contributed by atoms with Gasteiger partial charge in [0, 0.05) is 0 Å². The first-order valence-corrected chi connectivity index (χ1v) is 9.41. The predicted octanol–water partition coefficient (Wildman–Crippen LogP) is 2.59. The molecular weight excluding hydrogens is 248 g/mol. The monoisotopic (exact) mass is 274 g/mol. The number of carbonyl (C=O) groups excluding carboxylic acids is 1. The number of rotatable bonds is 3. The summed E-state index contributed by atoms with van der Waals surface area (Å²) < 4.78 is 16.5. The lowest BCUT2D eigenvalue weighted by Crippen LogP contribution is -2.47. The molecule has 1 rings (SSSR count). The van der Waals surface area contributed by atoms with E-state index in [1.165, 1.54) is 7.11 Å². The fourth-order valence-electron chi connectivity index (χ4n) is 1.80. The van der Waals surface area contributed by atoms with Crippen LogP contribution in [-0.2, 0) is 18.7 Å². The van der Waals surface area contributed by atoms with Crippen molar-refractivity contribution in [3.05, 3.63) is 0 Å². The van der Waals surface area contributed by atoms with Gasteiger partial charge in [-0.05, 0) is 24.6 Å². The van der Waals surface area contributed by atoms with Crippen LogP contribution in [0.5, 0.6) is 0 Å². The maximum Gasteiger partial charge on any atom is 0.311 e. The summed E-state index contributed by atoms with van der Waals surface area (Å²) in [5.74, 6) is -0.378. The highest BCUT2D eigenvalue weighted by Gasteiger charge is 2.41. The molecule has 5 heteroatoms. The Kier molecular flexibility index (Phi) is 4.97. The second-order valence-corrected chi connectivity index (χ2v) is 11.2. The van der Waals surface area contributed by atoms with Gasteiger partial charge >= 0.3 is 5.97 Å². The summed E-state index contributed by atoms with van der Waals surface area (Å²) in [5, 5.41) is 0.172. The van der Waals surface area contributed by atoms with Crippen molar-refractivity contribution in [1.29, 1.82) is 0 Å². The molecule has 0 saturated carbocycles. The Labute approximate surface area is 111 Å². The van der Waals surface area contributed by atoms with Crippen LogP contribution >= 0.6 is 0 Å². The van der Waals surface area contributed by atoms with Crippen LogP contribution in [0.25, 0.3) is 0 Å². The van der Waals surface area contributed by atoms with Gasteiger partial charge in [-0.1, -0.05) is 20.8 Å². The normalized spacial score (nSPS) is 25.9. The SMILES string of the molecule is COC(=O)[C@H]1COC[C@@H](O[Si](C)(C)C(C)(C)C)C1. The van der Waals surface area contributed by atoms with Crippen LogP contribution in [0.3, 0.4) is 0 Å². The fourth-order valence-corrected chi connectivity index (χ4v) is 3.15.